The van der Waals surface area contributed by atoms with Gasteiger partial charge in [-0.3, -0.25) is 9.48 Å². The summed E-state index contributed by atoms with van der Waals surface area (Å²) in [5.41, 5.74) is 2.85. The van der Waals surface area contributed by atoms with Gasteiger partial charge in [0.25, 0.3) is 0 Å². The van der Waals surface area contributed by atoms with Crippen molar-refractivity contribution in [3.63, 3.8) is 0 Å². The highest BCUT2D eigenvalue weighted by molar-refractivity contribution is 7.89. The molecule has 0 aliphatic carbocycles. The molecule has 1 aliphatic heterocycles. The van der Waals surface area contributed by atoms with E-state index in [1.807, 2.05) is 27.8 Å². The molecule has 24 heavy (non-hydrogen) atoms. The molecule has 0 spiro atoms. The van der Waals surface area contributed by atoms with Crippen LogP contribution in [-0.4, -0.2) is 53.3 Å². The van der Waals surface area contributed by atoms with Crippen molar-refractivity contribution < 1.29 is 13.2 Å². The average molecular weight is 356 g/mol. The van der Waals surface area contributed by atoms with E-state index in [9.17, 15) is 13.2 Å². The molecule has 1 fully saturated rings. The fourth-order valence-corrected chi connectivity index (χ4v) is 4.72. The third-order valence-electron chi connectivity index (χ3n) is 4.67. The summed E-state index contributed by atoms with van der Waals surface area (Å²) in [6, 6.07) is 0.0443. The molecule has 1 amide bonds. The number of aromatic nitrogens is 2. The number of carbonyl (C=O) groups is 1. The van der Waals surface area contributed by atoms with Crippen LogP contribution in [0.4, 0.5) is 0 Å². The number of nitrogens with one attached hydrogen (secondary N) is 1. The Bertz CT molecular complexity index is 688. The third-order valence-corrected chi connectivity index (χ3v) is 6.75. The SMILES string of the molecule is CCCS(=O)(=O)N1CCC(NC(=O)Cc2c(C)nn(C)c2C)CC1. The maximum atomic E-state index is 12.3. The monoisotopic (exact) mass is 356 g/mol. The zero-order chi connectivity index (χ0) is 17.9. The summed E-state index contributed by atoms with van der Waals surface area (Å²) < 4.78 is 27.5. The number of rotatable bonds is 6. The molecule has 0 atom stereocenters. The number of amides is 1. The minimum absolute atomic E-state index is 0.0240. The Kier molecular flexibility index (Phi) is 6.03. The molecule has 0 saturated carbocycles. The van der Waals surface area contributed by atoms with Gasteiger partial charge in [0.2, 0.25) is 15.9 Å². The molecule has 7 nitrogen and oxygen atoms in total. The van der Waals surface area contributed by atoms with Crippen LogP contribution in [0.1, 0.15) is 43.1 Å². The Morgan fingerprint density at radius 2 is 1.92 bits per heavy atom. The van der Waals surface area contributed by atoms with Crippen molar-refractivity contribution >= 4 is 15.9 Å². The van der Waals surface area contributed by atoms with Gasteiger partial charge in [-0.15, -0.1) is 0 Å². The number of nitrogens with zero attached hydrogens (tertiary/aromatic N) is 3. The smallest absolute Gasteiger partial charge is 0.224 e. The topological polar surface area (TPSA) is 84.3 Å². The molecule has 2 rings (SSSR count). The highest BCUT2D eigenvalue weighted by Crippen LogP contribution is 2.16. The van der Waals surface area contributed by atoms with Gasteiger partial charge in [0.05, 0.1) is 17.9 Å². The molecular weight excluding hydrogens is 328 g/mol. The van der Waals surface area contributed by atoms with Gasteiger partial charge in [-0.1, -0.05) is 6.92 Å². The van der Waals surface area contributed by atoms with Gasteiger partial charge in [-0.25, -0.2) is 12.7 Å². The second kappa shape index (κ2) is 7.65. The molecule has 0 unspecified atom stereocenters. The predicted octanol–water partition coefficient (Wildman–Crippen LogP) is 0.900. The highest BCUT2D eigenvalue weighted by Gasteiger charge is 2.28. The molecule has 1 aliphatic rings. The Labute approximate surface area is 144 Å². The molecule has 0 aromatic carbocycles. The van der Waals surface area contributed by atoms with Crippen molar-refractivity contribution in [2.24, 2.45) is 7.05 Å². The largest absolute Gasteiger partial charge is 0.353 e. The maximum Gasteiger partial charge on any atom is 0.224 e. The van der Waals surface area contributed by atoms with Gasteiger partial charge >= 0.3 is 0 Å². The fourth-order valence-electron chi connectivity index (χ4n) is 3.18. The van der Waals surface area contributed by atoms with Gasteiger partial charge in [-0.05, 0) is 33.1 Å². The summed E-state index contributed by atoms with van der Waals surface area (Å²) in [5.74, 6) is 0.174. The van der Waals surface area contributed by atoms with E-state index < -0.39 is 10.0 Å². The molecule has 2 heterocycles. The van der Waals surface area contributed by atoms with Gasteiger partial charge in [-0.2, -0.15) is 5.10 Å². The average Bonchev–Trinajstić information content (AvgIpc) is 2.74. The van der Waals surface area contributed by atoms with Crippen LogP contribution in [0.25, 0.3) is 0 Å². The number of carbonyl (C=O) groups excluding carboxylic acids is 1. The van der Waals surface area contributed by atoms with E-state index in [2.05, 4.69) is 10.4 Å². The molecule has 8 heteroatoms. The lowest BCUT2D eigenvalue weighted by Gasteiger charge is -2.31. The lowest BCUT2D eigenvalue weighted by atomic mass is 10.1. The van der Waals surface area contributed by atoms with Crippen LogP contribution in [0.5, 0.6) is 0 Å². The second-order valence-electron chi connectivity index (χ2n) is 6.51. The van der Waals surface area contributed by atoms with Crippen LogP contribution < -0.4 is 5.32 Å². The highest BCUT2D eigenvalue weighted by atomic mass is 32.2. The van der Waals surface area contributed by atoms with E-state index in [1.165, 1.54) is 0 Å². The van der Waals surface area contributed by atoms with Crippen LogP contribution in [0.2, 0.25) is 0 Å². The quantitative estimate of drug-likeness (QED) is 0.821. The number of piperidine rings is 1. The van der Waals surface area contributed by atoms with Crippen LogP contribution in [0.3, 0.4) is 0 Å². The van der Waals surface area contributed by atoms with Gasteiger partial charge in [0, 0.05) is 37.4 Å². The van der Waals surface area contributed by atoms with E-state index in [0.717, 1.165) is 17.0 Å². The van der Waals surface area contributed by atoms with Crippen LogP contribution in [0, 0.1) is 13.8 Å². The first-order chi connectivity index (χ1) is 11.2. The van der Waals surface area contributed by atoms with E-state index in [1.54, 1.807) is 8.99 Å². The maximum absolute atomic E-state index is 12.3. The predicted molar refractivity (Wildman–Crippen MR) is 93.2 cm³/mol. The van der Waals surface area contributed by atoms with Gasteiger partial charge in [0.15, 0.2) is 0 Å². The van der Waals surface area contributed by atoms with Crippen molar-refractivity contribution in [3.05, 3.63) is 17.0 Å². The Morgan fingerprint density at radius 1 is 1.29 bits per heavy atom. The van der Waals surface area contributed by atoms with Gasteiger partial charge < -0.3 is 5.32 Å². The fraction of sp³-hybridized carbons (Fsp3) is 0.750. The first-order valence-corrected chi connectivity index (χ1v) is 10.1. The Balaban J connectivity index is 1.86. The van der Waals surface area contributed by atoms with Crippen LogP contribution in [-0.2, 0) is 28.3 Å². The number of hydrogen-bond acceptors (Lipinski definition) is 4. The molecule has 1 aromatic rings. The lowest BCUT2D eigenvalue weighted by Crippen LogP contribution is -2.47. The number of aryl methyl sites for hydroxylation is 2. The molecular formula is C16H28N4O3S. The summed E-state index contributed by atoms with van der Waals surface area (Å²) >= 11 is 0. The molecule has 1 N–H and O–H groups in total. The minimum atomic E-state index is -3.13. The molecule has 0 bridgehead atoms. The Hall–Kier alpha value is -1.41. The van der Waals surface area contributed by atoms with E-state index in [4.69, 9.17) is 0 Å². The zero-order valence-electron chi connectivity index (χ0n) is 15.0. The molecule has 0 radical (unpaired) electrons. The third kappa shape index (κ3) is 4.36. The van der Waals surface area contributed by atoms with Crippen LogP contribution in [0.15, 0.2) is 0 Å². The minimum Gasteiger partial charge on any atom is -0.353 e. The van der Waals surface area contributed by atoms with Gasteiger partial charge in [0.1, 0.15) is 0 Å². The number of hydrogen-bond donors (Lipinski definition) is 1. The molecule has 1 aromatic heterocycles. The van der Waals surface area contributed by atoms with Crippen molar-refractivity contribution in [2.75, 3.05) is 18.8 Å². The summed E-state index contributed by atoms with van der Waals surface area (Å²) in [5, 5.41) is 7.37. The van der Waals surface area contributed by atoms with Crippen molar-refractivity contribution in [1.29, 1.82) is 0 Å². The lowest BCUT2D eigenvalue weighted by molar-refractivity contribution is -0.121. The standard InChI is InChI=1S/C16H28N4O3S/c1-5-10-24(22,23)20-8-6-14(7-9-20)17-16(21)11-15-12(2)18-19(4)13(15)3/h14H,5-11H2,1-4H3,(H,17,21). The first kappa shape index (κ1) is 18.9. The Morgan fingerprint density at radius 3 is 2.42 bits per heavy atom. The van der Waals surface area contributed by atoms with E-state index in [-0.39, 0.29) is 17.7 Å². The molecule has 1 saturated heterocycles. The molecule has 136 valence electrons. The van der Waals surface area contributed by atoms with Crippen molar-refractivity contribution in [2.45, 2.75) is 52.5 Å². The van der Waals surface area contributed by atoms with Crippen LogP contribution >= 0.6 is 0 Å². The zero-order valence-corrected chi connectivity index (χ0v) is 15.8. The van der Waals surface area contributed by atoms with E-state index >= 15 is 0 Å². The summed E-state index contributed by atoms with van der Waals surface area (Å²) in [6.45, 7) is 6.70. The summed E-state index contributed by atoms with van der Waals surface area (Å²) in [7, 11) is -1.26. The van der Waals surface area contributed by atoms with E-state index in [0.29, 0.717) is 38.8 Å². The number of sulfonamides is 1. The first-order valence-electron chi connectivity index (χ1n) is 8.50. The second-order valence-corrected chi connectivity index (χ2v) is 8.60. The summed E-state index contributed by atoms with van der Waals surface area (Å²) in [6.07, 6.45) is 2.28. The summed E-state index contributed by atoms with van der Waals surface area (Å²) in [4.78, 5) is 12.3. The normalized spacial score (nSPS) is 17.2. The van der Waals surface area contributed by atoms with Crippen molar-refractivity contribution in [3.8, 4) is 0 Å². The van der Waals surface area contributed by atoms with Crippen molar-refractivity contribution in [1.82, 2.24) is 19.4 Å².